The zero-order chi connectivity index (χ0) is 13.4. The third-order valence-electron chi connectivity index (χ3n) is 4.60. The van der Waals surface area contributed by atoms with Crippen molar-refractivity contribution in [3.8, 4) is 5.75 Å². The van der Waals surface area contributed by atoms with E-state index >= 15 is 0 Å². The molecule has 0 heterocycles. The predicted octanol–water partition coefficient (Wildman–Crippen LogP) is 4.97. The summed E-state index contributed by atoms with van der Waals surface area (Å²) in [6.07, 6.45) is 8.20. The zero-order valence-electron chi connectivity index (χ0n) is 12.0. The molecule has 2 fully saturated rings. The van der Waals surface area contributed by atoms with Crippen molar-refractivity contribution in [2.24, 2.45) is 11.8 Å². The van der Waals surface area contributed by atoms with Crippen LogP contribution in [0.4, 0.5) is 0 Å². The summed E-state index contributed by atoms with van der Waals surface area (Å²) in [5, 5.41) is 2.64. The normalized spacial score (nSPS) is 18.4. The Bertz CT molecular complexity index is 553. The molecule has 0 atom stereocenters. The molecule has 2 aromatic rings. The van der Waals surface area contributed by atoms with Gasteiger partial charge in [0.15, 0.2) is 0 Å². The van der Waals surface area contributed by atoms with Crippen LogP contribution >= 0.6 is 0 Å². The maximum Gasteiger partial charge on any atom is 0.119 e. The van der Waals surface area contributed by atoms with Gasteiger partial charge < -0.3 is 4.74 Å². The third kappa shape index (κ3) is 2.98. The minimum Gasteiger partial charge on any atom is -0.493 e. The molecule has 2 aliphatic carbocycles. The van der Waals surface area contributed by atoms with Gasteiger partial charge >= 0.3 is 0 Å². The van der Waals surface area contributed by atoms with Gasteiger partial charge in [-0.15, -0.1) is 0 Å². The molecule has 0 unspecified atom stereocenters. The highest BCUT2D eigenvalue weighted by atomic mass is 16.5. The van der Waals surface area contributed by atoms with Gasteiger partial charge in [-0.2, -0.15) is 0 Å². The van der Waals surface area contributed by atoms with Crippen molar-refractivity contribution >= 4 is 10.8 Å². The second-order valence-corrected chi connectivity index (χ2v) is 6.58. The lowest BCUT2D eigenvalue weighted by Gasteiger charge is -2.08. The molecule has 104 valence electrons. The SMILES string of the molecule is c1cc2cc(OCC3CC3)ccc2cc1CCC1CC1. The molecule has 1 heteroatoms. The Balaban J connectivity index is 1.48. The monoisotopic (exact) mass is 266 g/mol. The van der Waals surface area contributed by atoms with E-state index < -0.39 is 0 Å². The van der Waals surface area contributed by atoms with Crippen LogP contribution in [0.1, 0.15) is 37.7 Å². The molecule has 2 aromatic carbocycles. The van der Waals surface area contributed by atoms with Crippen LogP contribution in [0, 0.1) is 11.8 Å². The van der Waals surface area contributed by atoms with Crippen molar-refractivity contribution < 1.29 is 4.74 Å². The summed E-state index contributed by atoms with van der Waals surface area (Å²) in [4.78, 5) is 0. The molecule has 4 rings (SSSR count). The standard InChI is InChI=1S/C19H22O/c1-2-14(1)3-4-15-7-8-18-12-19(10-9-17(18)11-15)20-13-16-5-6-16/h7-12,14,16H,1-6,13H2. The molecule has 0 aliphatic heterocycles. The number of fused-ring (bicyclic) bond motifs is 1. The maximum atomic E-state index is 5.86. The Kier molecular flexibility index (Phi) is 3.14. The Hall–Kier alpha value is -1.50. The fourth-order valence-electron chi connectivity index (χ4n) is 2.79. The number of hydrogen-bond donors (Lipinski definition) is 0. The van der Waals surface area contributed by atoms with Crippen molar-refractivity contribution in [3.63, 3.8) is 0 Å². The molecule has 0 saturated heterocycles. The van der Waals surface area contributed by atoms with Crippen LogP contribution in [-0.2, 0) is 6.42 Å². The van der Waals surface area contributed by atoms with Gasteiger partial charge in [0.1, 0.15) is 5.75 Å². The van der Waals surface area contributed by atoms with Gasteiger partial charge in [0, 0.05) is 0 Å². The van der Waals surface area contributed by atoms with E-state index in [1.54, 1.807) is 0 Å². The summed E-state index contributed by atoms with van der Waals surface area (Å²) >= 11 is 0. The van der Waals surface area contributed by atoms with Gasteiger partial charge in [0.05, 0.1) is 6.61 Å². The van der Waals surface area contributed by atoms with Gasteiger partial charge in [0.2, 0.25) is 0 Å². The van der Waals surface area contributed by atoms with Crippen LogP contribution < -0.4 is 4.74 Å². The van der Waals surface area contributed by atoms with Crippen LogP contribution in [-0.4, -0.2) is 6.61 Å². The van der Waals surface area contributed by atoms with Crippen LogP contribution in [0.25, 0.3) is 10.8 Å². The second-order valence-electron chi connectivity index (χ2n) is 6.58. The molecule has 0 amide bonds. The first-order chi connectivity index (χ1) is 9.87. The third-order valence-corrected chi connectivity index (χ3v) is 4.60. The lowest BCUT2D eigenvalue weighted by Crippen LogP contribution is -1.98. The molecule has 0 aromatic heterocycles. The number of hydrogen-bond acceptors (Lipinski definition) is 1. The molecule has 0 radical (unpaired) electrons. The van der Waals surface area contributed by atoms with E-state index in [2.05, 4.69) is 36.4 Å². The Labute approximate surface area is 120 Å². The van der Waals surface area contributed by atoms with Crippen LogP contribution in [0.15, 0.2) is 36.4 Å². The molecular formula is C19H22O. The Morgan fingerprint density at radius 1 is 0.850 bits per heavy atom. The van der Waals surface area contributed by atoms with Crippen molar-refractivity contribution in [2.75, 3.05) is 6.61 Å². The van der Waals surface area contributed by atoms with E-state index in [1.807, 2.05) is 0 Å². The van der Waals surface area contributed by atoms with E-state index in [0.29, 0.717) is 0 Å². The summed E-state index contributed by atoms with van der Waals surface area (Å²) < 4.78 is 5.86. The van der Waals surface area contributed by atoms with E-state index in [0.717, 1.165) is 24.2 Å². The van der Waals surface area contributed by atoms with Gasteiger partial charge in [-0.3, -0.25) is 0 Å². The van der Waals surface area contributed by atoms with E-state index in [1.165, 1.54) is 54.9 Å². The Morgan fingerprint density at radius 3 is 2.40 bits per heavy atom. The number of benzene rings is 2. The average Bonchev–Trinajstić information content (AvgIpc) is 3.37. The molecule has 0 N–H and O–H groups in total. The van der Waals surface area contributed by atoms with Gasteiger partial charge in [-0.05, 0) is 66.0 Å². The highest BCUT2D eigenvalue weighted by Gasteiger charge is 2.22. The smallest absolute Gasteiger partial charge is 0.119 e. The van der Waals surface area contributed by atoms with Crippen LogP contribution in [0.5, 0.6) is 5.75 Å². The molecule has 2 saturated carbocycles. The van der Waals surface area contributed by atoms with Crippen molar-refractivity contribution in [2.45, 2.75) is 38.5 Å². The highest BCUT2D eigenvalue weighted by molar-refractivity contribution is 5.84. The lowest BCUT2D eigenvalue weighted by atomic mass is 10.0. The summed E-state index contributed by atoms with van der Waals surface area (Å²) in [5.41, 5.74) is 1.48. The van der Waals surface area contributed by atoms with E-state index in [-0.39, 0.29) is 0 Å². The minimum atomic E-state index is 0.815. The van der Waals surface area contributed by atoms with Crippen molar-refractivity contribution in [3.05, 3.63) is 42.0 Å². The number of aryl methyl sites for hydroxylation is 1. The fourth-order valence-corrected chi connectivity index (χ4v) is 2.79. The molecule has 20 heavy (non-hydrogen) atoms. The summed E-state index contributed by atoms with van der Waals surface area (Å²) in [6.45, 7) is 0.894. The topological polar surface area (TPSA) is 9.23 Å². The number of rotatable bonds is 6. The average molecular weight is 266 g/mol. The molecule has 0 bridgehead atoms. The maximum absolute atomic E-state index is 5.86. The highest BCUT2D eigenvalue weighted by Crippen LogP contribution is 2.34. The lowest BCUT2D eigenvalue weighted by molar-refractivity contribution is 0.300. The van der Waals surface area contributed by atoms with Crippen molar-refractivity contribution in [1.29, 1.82) is 0 Å². The Morgan fingerprint density at radius 2 is 1.60 bits per heavy atom. The summed E-state index contributed by atoms with van der Waals surface area (Å²) in [6, 6.07) is 13.4. The van der Waals surface area contributed by atoms with Gasteiger partial charge in [-0.1, -0.05) is 37.1 Å². The van der Waals surface area contributed by atoms with Gasteiger partial charge in [-0.25, -0.2) is 0 Å². The predicted molar refractivity (Wildman–Crippen MR) is 83.2 cm³/mol. The summed E-state index contributed by atoms with van der Waals surface area (Å²) in [5.74, 6) is 2.86. The quantitative estimate of drug-likeness (QED) is 0.717. The minimum absolute atomic E-state index is 0.815. The summed E-state index contributed by atoms with van der Waals surface area (Å²) in [7, 11) is 0. The number of ether oxygens (including phenoxy) is 1. The van der Waals surface area contributed by atoms with Gasteiger partial charge in [0.25, 0.3) is 0 Å². The first kappa shape index (κ1) is 12.3. The van der Waals surface area contributed by atoms with E-state index in [4.69, 9.17) is 4.74 Å². The second kappa shape index (κ2) is 5.12. The van der Waals surface area contributed by atoms with Crippen LogP contribution in [0.3, 0.4) is 0 Å². The molecular weight excluding hydrogens is 244 g/mol. The van der Waals surface area contributed by atoms with Crippen molar-refractivity contribution in [1.82, 2.24) is 0 Å². The fraction of sp³-hybridized carbons (Fsp3) is 0.474. The largest absolute Gasteiger partial charge is 0.493 e. The first-order valence-electron chi connectivity index (χ1n) is 8.02. The zero-order valence-corrected chi connectivity index (χ0v) is 12.0. The molecule has 1 nitrogen and oxygen atoms in total. The first-order valence-corrected chi connectivity index (χ1v) is 8.02. The molecule has 0 spiro atoms. The van der Waals surface area contributed by atoms with E-state index in [9.17, 15) is 0 Å². The molecule has 2 aliphatic rings. The van der Waals surface area contributed by atoms with Crippen LogP contribution in [0.2, 0.25) is 0 Å².